The highest BCUT2D eigenvalue weighted by atomic mass is 32.2. The highest BCUT2D eigenvalue weighted by molar-refractivity contribution is 7.88. The maximum absolute atomic E-state index is 13.4. The summed E-state index contributed by atoms with van der Waals surface area (Å²) in [4.78, 5) is 24.8. The van der Waals surface area contributed by atoms with Gasteiger partial charge in [-0.05, 0) is 36.0 Å². The number of nitrogens with two attached hydrogens (primary N) is 2. The molecule has 0 aliphatic rings. The lowest BCUT2D eigenvalue weighted by Gasteiger charge is -2.31. The molecule has 0 radical (unpaired) electrons. The second-order valence-electron chi connectivity index (χ2n) is 9.94. The number of rotatable bonds is 16. The summed E-state index contributed by atoms with van der Waals surface area (Å²) in [5.74, 6) is -2.86. The number of sulfonamides is 1. The van der Waals surface area contributed by atoms with Gasteiger partial charge in [-0.15, -0.1) is 0 Å². The number of carboxylic acids is 1. The van der Waals surface area contributed by atoms with Crippen molar-refractivity contribution in [3.05, 3.63) is 107 Å². The summed E-state index contributed by atoms with van der Waals surface area (Å²) in [6.07, 6.45) is 0.445. The molecule has 1 unspecified atom stereocenters. The van der Waals surface area contributed by atoms with Gasteiger partial charge in [-0.2, -0.15) is 0 Å². The Morgan fingerprint density at radius 3 is 2.00 bits per heavy atom. The van der Waals surface area contributed by atoms with Gasteiger partial charge < -0.3 is 21.9 Å². The first-order chi connectivity index (χ1) is 19.5. The van der Waals surface area contributed by atoms with E-state index in [0.29, 0.717) is 24.0 Å². The molecule has 0 aliphatic heterocycles. The summed E-state index contributed by atoms with van der Waals surface area (Å²) >= 11 is 0. The van der Waals surface area contributed by atoms with Gasteiger partial charge in [0.25, 0.3) is 0 Å². The van der Waals surface area contributed by atoms with Crippen LogP contribution in [0.4, 0.5) is 0 Å². The first-order valence-electron chi connectivity index (χ1n) is 13.3. The van der Waals surface area contributed by atoms with Gasteiger partial charge in [0.1, 0.15) is 5.84 Å². The topological polar surface area (TPSA) is 188 Å². The zero-order valence-corrected chi connectivity index (χ0v) is 23.5. The van der Waals surface area contributed by atoms with E-state index in [1.165, 1.54) is 0 Å². The van der Waals surface area contributed by atoms with E-state index in [0.717, 1.165) is 11.1 Å². The third-order valence-corrected chi connectivity index (χ3v) is 8.16. The number of nitrogens with one attached hydrogen (secondary N) is 3. The minimum Gasteiger partial charge on any atom is -0.481 e. The molecule has 218 valence electrons. The van der Waals surface area contributed by atoms with Crippen LogP contribution in [-0.4, -0.2) is 43.3 Å². The van der Waals surface area contributed by atoms with Crippen LogP contribution >= 0.6 is 0 Å². The molecule has 10 nitrogen and oxygen atoms in total. The predicted molar refractivity (Wildman–Crippen MR) is 158 cm³/mol. The number of benzene rings is 3. The largest absolute Gasteiger partial charge is 0.481 e. The first-order valence-corrected chi connectivity index (χ1v) is 15.0. The van der Waals surface area contributed by atoms with E-state index in [1.807, 2.05) is 30.3 Å². The first kappa shape index (κ1) is 31.5. The fourth-order valence-corrected chi connectivity index (χ4v) is 5.99. The normalized spacial score (nSPS) is 13.6. The SMILES string of the molecule is N=C(N)c1ccc(CNC(=O)[C@@H](CCC(=O)O)C(N)[C@@H](CCc2ccccc2)NS(=O)(=O)Cc2ccccc2)cc1. The van der Waals surface area contributed by atoms with Crippen molar-refractivity contribution in [1.82, 2.24) is 10.0 Å². The van der Waals surface area contributed by atoms with Crippen molar-refractivity contribution < 1.29 is 23.1 Å². The third kappa shape index (κ3) is 10.5. The monoisotopic (exact) mass is 579 g/mol. The number of hydrogen-bond donors (Lipinski definition) is 6. The van der Waals surface area contributed by atoms with Crippen molar-refractivity contribution in [3.8, 4) is 0 Å². The summed E-state index contributed by atoms with van der Waals surface area (Å²) < 4.78 is 29.1. The summed E-state index contributed by atoms with van der Waals surface area (Å²) in [6, 6.07) is 23.2. The summed E-state index contributed by atoms with van der Waals surface area (Å²) in [6.45, 7) is 0.141. The maximum atomic E-state index is 13.4. The molecule has 3 rings (SSSR count). The van der Waals surface area contributed by atoms with E-state index in [-0.39, 0.29) is 31.0 Å². The van der Waals surface area contributed by atoms with Crippen LogP contribution in [0.3, 0.4) is 0 Å². The number of hydrogen-bond acceptors (Lipinski definition) is 6. The molecule has 3 aromatic rings. The van der Waals surface area contributed by atoms with Crippen LogP contribution in [0, 0.1) is 11.3 Å². The smallest absolute Gasteiger partial charge is 0.303 e. The molecule has 0 saturated carbocycles. The number of amides is 1. The van der Waals surface area contributed by atoms with Crippen LogP contribution in [0.2, 0.25) is 0 Å². The predicted octanol–water partition coefficient (Wildman–Crippen LogP) is 2.52. The number of amidine groups is 1. The standard InChI is InChI=1S/C30H37N5O5S/c31-28(25(16-18-27(36)37)30(38)34-19-22-11-14-24(15-12-22)29(32)33)26(17-13-21-7-3-1-4-8-21)35-41(39,40)20-23-9-5-2-6-10-23/h1-12,14-15,25-26,28,35H,13,16-20,31H2,(H3,32,33)(H,34,38)(H,36,37)/t25-,26+,28?/m0/s1. The van der Waals surface area contributed by atoms with Crippen LogP contribution in [-0.2, 0) is 38.3 Å². The van der Waals surface area contributed by atoms with Gasteiger partial charge in [-0.1, -0.05) is 84.9 Å². The van der Waals surface area contributed by atoms with E-state index in [1.54, 1.807) is 54.6 Å². The molecule has 0 aromatic heterocycles. The average molecular weight is 580 g/mol. The van der Waals surface area contributed by atoms with E-state index in [2.05, 4.69) is 10.0 Å². The van der Waals surface area contributed by atoms with Crippen LogP contribution in [0.15, 0.2) is 84.9 Å². The Balaban J connectivity index is 1.80. The zero-order chi connectivity index (χ0) is 29.8. The molecule has 0 fully saturated rings. The van der Waals surface area contributed by atoms with E-state index < -0.39 is 39.9 Å². The number of carbonyl (C=O) groups excluding carboxylic acids is 1. The Hall–Kier alpha value is -4.06. The Kier molecular flexibility index (Phi) is 11.6. The van der Waals surface area contributed by atoms with E-state index in [9.17, 15) is 23.1 Å². The minimum atomic E-state index is -3.85. The van der Waals surface area contributed by atoms with Crippen molar-refractivity contribution in [2.45, 2.75) is 50.1 Å². The maximum Gasteiger partial charge on any atom is 0.303 e. The summed E-state index contributed by atoms with van der Waals surface area (Å²) in [5, 5.41) is 19.7. The summed E-state index contributed by atoms with van der Waals surface area (Å²) in [7, 11) is -3.85. The molecule has 41 heavy (non-hydrogen) atoms. The van der Waals surface area contributed by atoms with Gasteiger partial charge in [0.15, 0.2) is 0 Å². The fourth-order valence-electron chi connectivity index (χ4n) is 4.54. The molecule has 0 aliphatic carbocycles. The lowest BCUT2D eigenvalue weighted by molar-refractivity contribution is -0.137. The molecule has 0 saturated heterocycles. The van der Waals surface area contributed by atoms with E-state index >= 15 is 0 Å². The van der Waals surface area contributed by atoms with Gasteiger partial charge in [0, 0.05) is 30.6 Å². The quantitative estimate of drug-likeness (QED) is 0.111. The fraction of sp³-hybridized carbons (Fsp3) is 0.300. The van der Waals surface area contributed by atoms with Gasteiger partial charge in [-0.25, -0.2) is 13.1 Å². The van der Waals surface area contributed by atoms with Crippen LogP contribution < -0.4 is 21.5 Å². The Labute approximate surface area is 240 Å². The highest BCUT2D eigenvalue weighted by Gasteiger charge is 2.34. The Morgan fingerprint density at radius 1 is 0.854 bits per heavy atom. The lowest BCUT2D eigenvalue weighted by Crippen LogP contribution is -2.55. The van der Waals surface area contributed by atoms with Gasteiger partial charge >= 0.3 is 5.97 Å². The number of carboxylic acid groups (broad SMARTS) is 1. The molecular formula is C30H37N5O5S. The van der Waals surface area contributed by atoms with E-state index in [4.69, 9.17) is 16.9 Å². The van der Waals surface area contributed by atoms with Crippen molar-refractivity contribution in [1.29, 1.82) is 5.41 Å². The highest BCUT2D eigenvalue weighted by Crippen LogP contribution is 2.19. The molecular weight excluding hydrogens is 542 g/mol. The number of aliphatic carboxylic acids is 1. The number of nitrogen functional groups attached to an aromatic ring is 1. The van der Waals surface area contributed by atoms with Crippen molar-refractivity contribution >= 4 is 27.7 Å². The van der Waals surface area contributed by atoms with Gasteiger partial charge in [-0.3, -0.25) is 15.0 Å². The minimum absolute atomic E-state index is 0.0616. The van der Waals surface area contributed by atoms with Gasteiger partial charge in [0.05, 0.1) is 11.7 Å². The Morgan fingerprint density at radius 2 is 1.44 bits per heavy atom. The summed E-state index contributed by atoms with van der Waals surface area (Å²) in [5.41, 5.74) is 15.0. The second-order valence-corrected chi connectivity index (χ2v) is 11.7. The molecule has 11 heteroatoms. The number of carbonyl (C=O) groups is 2. The third-order valence-electron chi connectivity index (χ3n) is 6.78. The second kappa shape index (κ2) is 15.1. The van der Waals surface area contributed by atoms with Gasteiger partial charge in [0.2, 0.25) is 15.9 Å². The van der Waals surface area contributed by atoms with Crippen molar-refractivity contribution in [2.24, 2.45) is 17.4 Å². The molecule has 1 amide bonds. The van der Waals surface area contributed by atoms with Crippen molar-refractivity contribution in [3.63, 3.8) is 0 Å². The molecule has 0 bridgehead atoms. The van der Waals surface area contributed by atoms with Crippen LogP contribution in [0.5, 0.6) is 0 Å². The molecule has 3 aromatic carbocycles. The number of aryl methyl sites for hydroxylation is 1. The molecule has 8 N–H and O–H groups in total. The van der Waals surface area contributed by atoms with Crippen LogP contribution in [0.25, 0.3) is 0 Å². The Bertz CT molecular complexity index is 1400. The zero-order valence-electron chi connectivity index (χ0n) is 22.7. The molecule has 0 heterocycles. The van der Waals surface area contributed by atoms with Crippen LogP contribution in [0.1, 0.15) is 41.5 Å². The molecule has 0 spiro atoms. The average Bonchev–Trinajstić information content (AvgIpc) is 2.95. The van der Waals surface area contributed by atoms with Crippen molar-refractivity contribution in [2.75, 3.05) is 0 Å². The lowest BCUT2D eigenvalue weighted by atomic mass is 9.87. The molecule has 3 atom stereocenters.